The minimum absolute atomic E-state index is 0.475. The van der Waals surface area contributed by atoms with Crippen molar-refractivity contribution in [2.45, 2.75) is 6.61 Å². The minimum Gasteiger partial charge on any atom is -0.493 e. The molecule has 0 N–H and O–H groups in total. The molecule has 0 bridgehead atoms. The Morgan fingerprint density at radius 3 is 2.67 bits per heavy atom. The van der Waals surface area contributed by atoms with Gasteiger partial charge in [0.05, 0.1) is 19.6 Å². The van der Waals surface area contributed by atoms with Crippen LogP contribution in [0, 0.1) is 0 Å². The van der Waals surface area contributed by atoms with Crippen molar-refractivity contribution in [1.82, 2.24) is 4.68 Å². The number of ether oxygens (including phenoxy) is 2. The van der Waals surface area contributed by atoms with E-state index < -0.39 is 0 Å². The Bertz CT molecular complexity index is 1190. The van der Waals surface area contributed by atoms with Crippen LogP contribution in [0.5, 0.6) is 11.5 Å². The lowest BCUT2D eigenvalue weighted by Gasteiger charge is -2.11. The van der Waals surface area contributed by atoms with Crippen molar-refractivity contribution in [1.29, 1.82) is 0 Å². The fraction of sp³-hybridized carbons (Fsp3) is 0.130. The molecule has 6 nitrogen and oxygen atoms in total. The maximum atomic E-state index is 5.92. The van der Waals surface area contributed by atoms with E-state index >= 15 is 0 Å². The van der Waals surface area contributed by atoms with Gasteiger partial charge in [-0.25, -0.2) is 4.68 Å². The van der Waals surface area contributed by atoms with Gasteiger partial charge in [-0.15, -0.1) is 11.3 Å². The highest BCUT2D eigenvalue weighted by Crippen LogP contribution is 2.28. The van der Waals surface area contributed by atoms with Gasteiger partial charge in [0.1, 0.15) is 12.3 Å². The highest BCUT2D eigenvalue weighted by atomic mass is 32.1. The first kappa shape index (κ1) is 19.7. The first-order valence-corrected chi connectivity index (χ1v) is 10.2. The number of furan rings is 1. The third-order valence-corrected chi connectivity index (χ3v) is 5.30. The van der Waals surface area contributed by atoms with E-state index in [2.05, 4.69) is 10.1 Å². The van der Waals surface area contributed by atoms with E-state index in [4.69, 9.17) is 13.9 Å². The minimum atomic E-state index is 0.475. The molecule has 0 saturated carbocycles. The standard InChI is InChI=1S/C23H21N3O3S/c1-24-23-26(19(16-30-23)20-9-6-12-28-20)25-14-18-10-11-21(22(13-18)27-2)29-15-17-7-4-3-5-8-17/h3-14,16H,15H2,1-2H3. The van der Waals surface area contributed by atoms with Crippen LogP contribution in [-0.2, 0) is 6.61 Å². The van der Waals surface area contributed by atoms with E-state index in [9.17, 15) is 0 Å². The molecule has 2 heterocycles. The van der Waals surface area contributed by atoms with E-state index in [0.29, 0.717) is 18.1 Å². The summed E-state index contributed by atoms with van der Waals surface area (Å²) in [5.74, 6) is 2.07. The van der Waals surface area contributed by atoms with E-state index in [1.165, 1.54) is 11.3 Å². The smallest absolute Gasteiger partial charge is 0.206 e. The van der Waals surface area contributed by atoms with Crippen LogP contribution in [0.3, 0.4) is 0 Å². The van der Waals surface area contributed by atoms with Crippen LogP contribution in [0.4, 0.5) is 0 Å². The Hall–Kier alpha value is -3.58. The Labute approximate surface area is 178 Å². The fourth-order valence-electron chi connectivity index (χ4n) is 2.90. The summed E-state index contributed by atoms with van der Waals surface area (Å²) in [7, 11) is 3.37. The summed E-state index contributed by atoms with van der Waals surface area (Å²) in [4.78, 5) is 5.07. The predicted molar refractivity (Wildman–Crippen MR) is 118 cm³/mol. The number of rotatable bonds is 7. The molecule has 0 atom stereocenters. The third kappa shape index (κ3) is 4.36. The van der Waals surface area contributed by atoms with Gasteiger partial charge in [-0.05, 0) is 41.5 Å². The first-order chi connectivity index (χ1) is 14.8. The molecule has 4 aromatic rings. The molecule has 0 saturated heterocycles. The normalized spacial score (nSPS) is 11.9. The summed E-state index contributed by atoms with van der Waals surface area (Å²) in [5.41, 5.74) is 2.82. The first-order valence-electron chi connectivity index (χ1n) is 9.35. The Morgan fingerprint density at radius 1 is 1.07 bits per heavy atom. The molecule has 0 aliphatic carbocycles. The molecule has 0 aliphatic heterocycles. The summed E-state index contributed by atoms with van der Waals surface area (Å²) in [6.07, 6.45) is 3.40. The van der Waals surface area contributed by atoms with E-state index in [-0.39, 0.29) is 0 Å². The molecular weight excluding hydrogens is 398 g/mol. The Kier molecular flexibility index (Phi) is 6.10. The van der Waals surface area contributed by atoms with Crippen molar-refractivity contribution < 1.29 is 13.9 Å². The highest BCUT2D eigenvalue weighted by Gasteiger charge is 2.10. The van der Waals surface area contributed by atoms with Crippen molar-refractivity contribution in [3.8, 4) is 23.0 Å². The van der Waals surface area contributed by atoms with Crippen molar-refractivity contribution >= 4 is 17.6 Å². The van der Waals surface area contributed by atoms with Crippen LogP contribution in [0.15, 0.2) is 86.8 Å². The summed E-state index contributed by atoms with van der Waals surface area (Å²) in [5, 5.41) is 6.59. The second-order valence-corrected chi connectivity index (χ2v) is 7.18. The van der Waals surface area contributed by atoms with E-state index in [1.807, 2.05) is 66.0 Å². The lowest BCUT2D eigenvalue weighted by atomic mass is 10.2. The number of thiazole rings is 1. The van der Waals surface area contributed by atoms with E-state index in [0.717, 1.165) is 27.4 Å². The average Bonchev–Trinajstić information content (AvgIpc) is 3.46. The van der Waals surface area contributed by atoms with Gasteiger partial charge in [-0.2, -0.15) is 5.10 Å². The Balaban J connectivity index is 1.57. The van der Waals surface area contributed by atoms with Gasteiger partial charge >= 0.3 is 0 Å². The molecule has 7 heteroatoms. The summed E-state index contributed by atoms with van der Waals surface area (Å²) in [6.45, 7) is 0.475. The Morgan fingerprint density at radius 2 is 1.93 bits per heavy atom. The highest BCUT2D eigenvalue weighted by molar-refractivity contribution is 7.07. The molecule has 0 unspecified atom stereocenters. The molecular formula is C23H21N3O3S. The number of aromatic nitrogens is 1. The topological polar surface area (TPSA) is 61.2 Å². The number of methoxy groups -OCH3 is 1. The number of benzene rings is 2. The SMILES string of the molecule is CN=c1scc(-c2ccco2)n1N=Cc1ccc(OCc2ccccc2)c(OC)c1. The van der Waals surface area contributed by atoms with Gasteiger partial charge in [0.2, 0.25) is 4.80 Å². The average molecular weight is 420 g/mol. The molecule has 2 aromatic heterocycles. The predicted octanol–water partition coefficient (Wildman–Crippen LogP) is 4.81. The van der Waals surface area contributed by atoms with Crippen LogP contribution >= 0.6 is 11.3 Å². The summed E-state index contributed by atoms with van der Waals surface area (Å²) in [6, 6.07) is 19.5. The van der Waals surface area contributed by atoms with Gasteiger partial charge in [0.15, 0.2) is 17.3 Å². The maximum Gasteiger partial charge on any atom is 0.206 e. The van der Waals surface area contributed by atoms with E-state index in [1.54, 1.807) is 31.3 Å². The monoisotopic (exact) mass is 419 g/mol. The molecule has 152 valence electrons. The number of hydrogen-bond donors (Lipinski definition) is 0. The van der Waals surface area contributed by atoms with Crippen molar-refractivity contribution in [2.75, 3.05) is 14.2 Å². The quantitative estimate of drug-likeness (QED) is 0.404. The fourth-order valence-corrected chi connectivity index (χ4v) is 3.68. The van der Waals surface area contributed by atoms with Gasteiger partial charge in [0.25, 0.3) is 0 Å². The molecule has 2 aromatic carbocycles. The van der Waals surface area contributed by atoms with Gasteiger partial charge in [-0.3, -0.25) is 4.99 Å². The van der Waals surface area contributed by atoms with Crippen LogP contribution in [-0.4, -0.2) is 25.0 Å². The lowest BCUT2D eigenvalue weighted by molar-refractivity contribution is 0.284. The van der Waals surface area contributed by atoms with Crippen LogP contribution < -0.4 is 14.3 Å². The third-order valence-electron chi connectivity index (χ3n) is 4.40. The zero-order valence-electron chi connectivity index (χ0n) is 16.7. The van der Waals surface area contributed by atoms with Gasteiger partial charge in [-0.1, -0.05) is 30.3 Å². The van der Waals surface area contributed by atoms with Gasteiger partial charge < -0.3 is 13.9 Å². The second-order valence-electron chi connectivity index (χ2n) is 6.35. The molecule has 30 heavy (non-hydrogen) atoms. The van der Waals surface area contributed by atoms with Crippen molar-refractivity contribution in [3.63, 3.8) is 0 Å². The molecule has 0 aliphatic rings. The molecule has 0 spiro atoms. The zero-order valence-corrected chi connectivity index (χ0v) is 17.5. The second kappa shape index (κ2) is 9.28. The van der Waals surface area contributed by atoms with Crippen LogP contribution in [0.2, 0.25) is 0 Å². The summed E-state index contributed by atoms with van der Waals surface area (Å²) >= 11 is 1.50. The molecule has 0 radical (unpaired) electrons. The largest absolute Gasteiger partial charge is 0.493 e. The number of hydrogen-bond acceptors (Lipinski definition) is 6. The zero-order chi connectivity index (χ0) is 20.8. The van der Waals surface area contributed by atoms with Crippen LogP contribution in [0.1, 0.15) is 11.1 Å². The molecule has 0 amide bonds. The van der Waals surface area contributed by atoms with Crippen molar-refractivity contribution in [2.24, 2.45) is 10.1 Å². The van der Waals surface area contributed by atoms with Gasteiger partial charge in [0, 0.05) is 12.4 Å². The molecule has 4 rings (SSSR count). The lowest BCUT2D eigenvalue weighted by Crippen LogP contribution is -2.11. The number of nitrogens with zero attached hydrogens (tertiary/aromatic N) is 3. The van der Waals surface area contributed by atoms with Crippen molar-refractivity contribution in [3.05, 3.63) is 88.2 Å². The van der Waals surface area contributed by atoms with Crippen LogP contribution in [0.25, 0.3) is 11.5 Å². The maximum absolute atomic E-state index is 5.92. The summed E-state index contributed by atoms with van der Waals surface area (Å²) < 4.78 is 18.7. The molecule has 0 fully saturated rings.